The Morgan fingerprint density at radius 2 is 1.88 bits per heavy atom. The van der Waals surface area contributed by atoms with Crippen LogP contribution in [-0.4, -0.2) is 11.7 Å². The molecule has 17 heavy (non-hydrogen) atoms. The zero-order valence-electron chi connectivity index (χ0n) is 11.0. The van der Waals surface area contributed by atoms with E-state index in [0.29, 0.717) is 6.61 Å². The zero-order valence-corrected chi connectivity index (χ0v) is 11.8. The van der Waals surface area contributed by atoms with Crippen molar-refractivity contribution in [2.75, 3.05) is 6.61 Å². The van der Waals surface area contributed by atoms with E-state index in [4.69, 9.17) is 17.0 Å². The van der Waals surface area contributed by atoms with Gasteiger partial charge < -0.3 is 4.74 Å². The maximum Gasteiger partial charge on any atom is 0.160 e. The Bertz CT molecular complexity index is 343. The molecule has 0 unspecified atom stereocenters. The summed E-state index contributed by atoms with van der Waals surface area (Å²) >= 11 is 5.21. The monoisotopic (exact) mass is 250 g/mol. The first-order valence-corrected chi connectivity index (χ1v) is 6.64. The minimum absolute atomic E-state index is 0.210. The Labute approximate surface area is 110 Å². The second-order valence-corrected chi connectivity index (χ2v) is 5.59. The highest BCUT2D eigenvalue weighted by atomic mass is 32.1. The summed E-state index contributed by atoms with van der Waals surface area (Å²) < 4.78 is 5.36. The molecule has 1 aromatic rings. The maximum atomic E-state index is 5.36. The highest BCUT2D eigenvalue weighted by molar-refractivity contribution is 7.80. The lowest BCUT2D eigenvalue weighted by atomic mass is 9.83. The van der Waals surface area contributed by atoms with Crippen LogP contribution in [0.1, 0.15) is 39.2 Å². The topological polar surface area (TPSA) is 9.23 Å². The van der Waals surface area contributed by atoms with Crippen molar-refractivity contribution in [2.24, 2.45) is 5.41 Å². The van der Waals surface area contributed by atoms with Crippen molar-refractivity contribution in [1.29, 1.82) is 0 Å². The molecule has 0 fully saturated rings. The molecule has 0 N–H and O–H groups in total. The van der Waals surface area contributed by atoms with Gasteiger partial charge >= 0.3 is 0 Å². The molecule has 0 aliphatic rings. The molecule has 1 nitrogen and oxygen atoms in total. The number of benzene rings is 1. The van der Waals surface area contributed by atoms with Gasteiger partial charge in [0.25, 0.3) is 0 Å². The van der Waals surface area contributed by atoms with E-state index >= 15 is 0 Å². The van der Waals surface area contributed by atoms with Crippen LogP contribution in [0.2, 0.25) is 0 Å². The third-order valence-corrected chi connectivity index (χ3v) is 3.12. The van der Waals surface area contributed by atoms with E-state index < -0.39 is 0 Å². The molecule has 0 saturated carbocycles. The van der Waals surface area contributed by atoms with Crippen LogP contribution in [0.4, 0.5) is 0 Å². The van der Waals surface area contributed by atoms with Crippen molar-refractivity contribution in [3.05, 3.63) is 35.9 Å². The number of ether oxygens (including phenoxy) is 1. The summed E-state index contributed by atoms with van der Waals surface area (Å²) in [6.07, 6.45) is 3.09. The van der Waals surface area contributed by atoms with Gasteiger partial charge in [-0.25, -0.2) is 0 Å². The first-order valence-electron chi connectivity index (χ1n) is 6.23. The van der Waals surface area contributed by atoms with Gasteiger partial charge in [0, 0.05) is 6.42 Å². The van der Waals surface area contributed by atoms with Crippen molar-refractivity contribution >= 4 is 17.3 Å². The van der Waals surface area contributed by atoms with E-state index in [0.717, 1.165) is 24.3 Å². The summed E-state index contributed by atoms with van der Waals surface area (Å²) in [5, 5.41) is 0.741. The number of hydrogen-bond acceptors (Lipinski definition) is 2. The minimum Gasteiger partial charge on any atom is -0.487 e. The van der Waals surface area contributed by atoms with Crippen LogP contribution in [0, 0.1) is 5.41 Å². The highest BCUT2D eigenvalue weighted by Gasteiger charge is 2.20. The van der Waals surface area contributed by atoms with E-state index in [2.05, 4.69) is 44.2 Å². The third-order valence-electron chi connectivity index (χ3n) is 2.86. The van der Waals surface area contributed by atoms with E-state index in [-0.39, 0.29) is 5.41 Å². The SMILES string of the molecule is CCOC(=S)CC(C)(C)CCc1ccccc1. The molecule has 0 aliphatic carbocycles. The summed E-state index contributed by atoms with van der Waals surface area (Å²) in [6.45, 7) is 7.15. The fourth-order valence-corrected chi connectivity index (χ4v) is 2.33. The Kier molecular flexibility index (Phi) is 5.63. The smallest absolute Gasteiger partial charge is 0.160 e. The molecule has 0 aliphatic heterocycles. The Morgan fingerprint density at radius 3 is 2.47 bits per heavy atom. The molecule has 0 aromatic heterocycles. The van der Waals surface area contributed by atoms with E-state index in [1.807, 2.05) is 6.92 Å². The molecule has 0 atom stereocenters. The molecule has 0 amide bonds. The summed E-state index contributed by atoms with van der Waals surface area (Å²) in [5.74, 6) is 0. The van der Waals surface area contributed by atoms with Crippen molar-refractivity contribution in [3.63, 3.8) is 0 Å². The minimum atomic E-state index is 0.210. The average Bonchev–Trinajstić information content (AvgIpc) is 2.27. The third kappa shape index (κ3) is 5.83. The van der Waals surface area contributed by atoms with Crippen molar-refractivity contribution in [3.8, 4) is 0 Å². The number of aryl methyl sites for hydroxylation is 1. The van der Waals surface area contributed by atoms with Gasteiger partial charge in [0.2, 0.25) is 0 Å². The highest BCUT2D eigenvalue weighted by Crippen LogP contribution is 2.27. The standard InChI is InChI=1S/C15H22OS/c1-4-16-14(17)12-15(2,3)11-10-13-8-6-5-7-9-13/h5-9H,4,10-12H2,1-3H3. The molecule has 94 valence electrons. The van der Waals surface area contributed by atoms with Crippen molar-refractivity contribution in [2.45, 2.75) is 40.0 Å². The van der Waals surface area contributed by atoms with E-state index in [1.54, 1.807) is 0 Å². The molecular weight excluding hydrogens is 228 g/mol. The predicted octanol–water partition coefficient (Wildman–Crippen LogP) is 4.40. The maximum absolute atomic E-state index is 5.36. The van der Waals surface area contributed by atoms with Gasteiger partial charge in [-0.15, -0.1) is 0 Å². The molecule has 2 heteroatoms. The largest absolute Gasteiger partial charge is 0.487 e. The molecule has 0 spiro atoms. The summed E-state index contributed by atoms with van der Waals surface area (Å²) in [7, 11) is 0. The van der Waals surface area contributed by atoms with Gasteiger partial charge in [0.05, 0.1) is 6.61 Å². The lowest BCUT2D eigenvalue weighted by Crippen LogP contribution is -2.18. The van der Waals surface area contributed by atoms with Crippen LogP contribution in [0.3, 0.4) is 0 Å². The van der Waals surface area contributed by atoms with Gasteiger partial charge in [0.1, 0.15) is 0 Å². The molecule has 0 saturated heterocycles. The molecule has 0 bridgehead atoms. The van der Waals surface area contributed by atoms with E-state index in [9.17, 15) is 0 Å². The predicted molar refractivity (Wildman–Crippen MR) is 77.4 cm³/mol. The quantitative estimate of drug-likeness (QED) is 0.692. The first kappa shape index (κ1) is 14.2. The lowest BCUT2D eigenvalue weighted by molar-refractivity contribution is 0.282. The van der Waals surface area contributed by atoms with Gasteiger partial charge in [-0.3, -0.25) is 0 Å². The van der Waals surface area contributed by atoms with Crippen LogP contribution >= 0.6 is 12.2 Å². The normalized spacial score (nSPS) is 11.2. The fourth-order valence-electron chi connectivity index (χ4n) is 1.82. The fraction of sp³-hybridized carbons (Fsp3) is 0.533. The number of rotatable bonds is 6. The summed E-state index contributed by atoms with van der Waals surface area (Å²) in [6, 6.07) is 10.6. The Hall–Kier alpha value is -0.890. The summed E-state index contributed by atoms with van der Waals surface area (Å²) in [4.78, 5) is 0. The number of hydrogen-bond donors (Lipinski definition) is 0. The van der Waals surface area contributed by atoms with Crippen LogP contribution < -0.4 is 0 Å². The molecule has 1 rings (SSSR count). The second kappa shape index (κ2) is 6.75. The van der Waals surface area contributed by atoms with Crippen molar-refractivity contribution < 1.29 is 4.74 Å². The zero-order chi connectivity index (χ0) is 12.7. The van der Waals surface area contributed by atoms with Gasteiger partial charge in [-0.2, -0.15) is 0 Å². The summed E-state index contributed by atoms with van der Waals surface area (Å²) in [5.41, 5.74) is 1.60. The van der Waals surface area contributed by atoms with Crippen LogP contribution in [-0.2, 0) is 11.2 Å². The Morgan fingerprint density at radius 1 is 1.24 bits per heavy atom. The van der Waals surface area contributed by atoms with Crippen LogP contribution in [0.5, 0.6) is 0 Å². The molecule has 0 radical (unpaired) electrons. The first-order chi connectivity index (χ1) is 8.03. The van der Waals surface area contributed by atoms with Crippen LogP contribution in [0.25, 0.3) is 0 Å². The Balaban J connectivity index is 2.41. The molecule has 1 aromatic carbocycles. The molecular formula is C15H22OS. The van der Waals surface area contributed by atoms with E-state index in [1.165, 1.54) is 5.56 Å². The van der Waals surface area contributed by atoms with Gasteiger partial charge in [-0.1, -0.05) is 44.2 Å². The average molecular weight is 250 g/mol. The van der Waals surface area contributed by atoms with Gasteiger partial charge in [-0.05, 0) is 43.0 Å². The van der Waals surface area contributed by atoms with Gasteiger partial charge in [0.15, 0.2) is 5.05 Å². The second-order valence-electron chi connectivity index (χ2n) is 5.13. The van der Waals surface area contributed by atoms with Crippen molar-refractivity contribution in [1.82, 2.24) is 0 Å². The van der Waals surface area contributed by atoms with Crippen LogP contribution in [0.15, 0.2) is 30.3 Å². The molecule has 0 heterocycles. The number of thiocarbonyl (C=S) groups is 1. The lowest BCUT2D eigenvalue weighted by Gasteiger charge is -2.24.